The molecule has 3 rings (SSSR count). The molecule has 0 spiro atoms. The van der Waals surface area contributed by atoms with E-state index < -0.39 is 24.9 Å². The first kappa shape index (κ1) is 24.5. The topological polar surface area (TPSA) is 61.6 Å². The Morgan fingerprint density at radius 1 is 1.22 bits per heavy atom. The van der Waals surface area contributed by atoms with Crippen molar-refractivity contribution in [3.63, 3.8) is 0 Å². The smallest absolute Gasteiger partial charge is 0.412 e. The molecule has 0 aliphatic carbocycles. The van der Waals surface area contributed by atoms with Gasteiger partial charge in [-0.2, -0.15) is 13.2 Å². The van der Waals surface area contributed by atoms with Gasteiger partial charge in [-0.25, -0.2) is 4.79 Å². The van der Waals surface area contributed by atoms with Crippen molar-refractivity contribution >= 4 is 29.9 Å². The molecule has 0 amide bonds. The first-order valence-corrected chi connectivity index (χ1v) is 12.7. The fraction of sp³-hybridized carbons (Fsp3) is 0.238. The summed E-state index contributed by atoms with van der Waals surface area (Å²) in [5.74, 6) is 0.0476. The quantitative estimate of drug-likeness (QED) is 0.356. The Morgan fingerprint density at radius 2 is 1.94 bits per heavy atom. The molecular formula is C21H18ClF3NO4PS. The van der Waals surface area contributed by atoms with Gasteiger partial charge in [-0.05, 0) is 49.9 Å². The van der Waals surface area contributed by atoms with Gasteiger partial charge in [-0.3, -0.25) is 4.98 Å². The normalized spacial score (nSPS) is 13.6. The van der Waals surface area contributed by atoms with Crippen molar-refractivity contribution in [3.8, 4) is 28.3 Å². The van der Waals surface area contributed by atoms with E-state index in [-0.39, 0.29) is 22.1 Å². The maximum absolute atomic E-state index is 13.1. The highest BCUT2D eigenvalue weighted by atomic mass is 35.5. The molecule has 1 atom stereocenters. The van der Waals surface area contributed by atoms with Crippen molar-refractivity contribution in [2.24, 2.45) is 0 Å². The number of hydrogen-bond donors (Lipinski definition) is 0. The molecule has 0 fully saturated rings. The van der Waals surface area contributed by atoms with Crippen LogP contribution in [0.2, 0.25) is 5.02 Å². The van der Waals surface area contributed by atoms with Crippen molar-refractivity contribution in [3.05, 3.63) is 69.2 Å². The Hall–Kier alpha value is -2.19. The lowest BCUT2D eigenvalue weighted by molar-refractivity contribution is -0.153. The second kappa shape index (κ2) is 9.35. The average Bonchev–Trinajstić information content (AvgIpc) is 2.71. The number of aromatic nitrogens is 1. The van der Waals surface area contributed by atoms with Gasteiger partial charge in [0.15, 0.2) is 12.4 Å². The maximum atomic E-state index is 13.1. The van der Waals surface area contributed by atoms with E-state index in [1.807, 2.05) is 0 Å². The molecular weight excluding hydrogens is 486 g/mol. The van der Waals surface area contributed by atoms with Gasteiger partial charge >= 0.3 is 11.8 Å². The monoisotopic (exact) mass is 503 g/mol. The summed E-state index contributed by atoms with van der Waals surface area (Å²) in [6.07, 6.45) is -3.08. The maximum Gasteiger partial charge on any atom is 0.412 e. The van der Waals surface area contributed by atoms with Crippen LogP contribution in [0, 0.1) is 13.8 Å². The minimum absolute atomic E-state index is 0.0532. The molecule has 1 unspecified atom stereocenters. The first-order chi connectivity index (χ1) is 14.9. The SMILES string of the molecule is Cc1ccc(Cl)c(-c2c(OP(C)(=S)OCC(F)(F)F)c(C)c(-c3ccccn3)oc2=O)c1. The molecule has 0 N–H and O–H groups in total. The van der Waals surface area contributed by atoms with Crippen LogP contribution in [-0.2, 0) is 16.3 Å². The molecule has 32 heavy (non-hydrogen) atoms. The van der Waals surface area contributed by atoms with Crippen molar-refractivity contribution in [1.82, 2.24) is 4.98 Å². The summed E-state index contributed by atoms with van der Waals surface area (Å²) in [5.41, 5.74) is 0.909. The van der Waals surface area contributed by atoms with Crippen LogP contribution >= 0.6 is 18.1 Å². The third-order valence-electron chi connectivity index (χ3n) is 4.32. The summed E-state index contributed by atoms with van der Waals surface area (Å²) in [5, 5.41) is 0.235. The van der Waals surface area contributed by atoms with E-state index in [9.17, 15) is 18.0 Å². The second-order valence-corrected chi connectivity index (χ2v) is 11.4. The van der Waals surface area contributed by atoms with Crippen LogP contribution in [0.15, 0.2) is 51.8 Å². The summed E-state index contributed by atoms with van der Waals surface area (Å²) in [4.78, 5) is 17.3. The van der Waals surface area contributed by atoms with E-state index in [1.54, 1.807) is 50.2 Å². The predicted octanol–water partition coefficient (Wildman–Crippen LogP) is 6.54. The van der Waals surface area contributed by atoms with Gasteiger partial charge in [0.2, 0.25) is 6.49 Å². The Bertz CT molecular complexity index is 1250. The fourth-order valence-electron chi connectivity index (χ4n) is 2.90. The summed E-state index contributed by atoms with van der Waals surface area (Å²) < 4.78 is 54.3. The zero-order valence-electron chi connectivity index (χ0n) is 17.2. The van der Waals surface area contributed by atoms with Gasteiger partial charge in [0.25, 0.3) is 0 Å². The lowest BCUT2D eigenvalue weighted by Gasteiger charge is -2.23. The highest BCUT2D eigenvalue weighted by Crippen LogP contribution is 2.50. The molecule has 0 saturated heterocycles. The van der Waals surface area contributed by atoms with E-state index in [4.69, 9.17) is 36.9 Å². The highest BCUT2D eigenvalue weighted by molar-refractivity contribution is 8.09. The van der Waals surface area contributed by atoms with Crippen molar-refractivity contribution in [2.45, 2.75) is 20.0 Å². The van der Waals surface area contributed by atoms with Crippen molar-refractivity contribution < 1.29 is 26.6 Å². The molecule has 0 saturated carbocycles. The Labute approximate surface area is 192 Å². The van der Waals surface area contributed by atoms with Gasteiger partial charge < -0.3 is 13.5 Å². The third kappa shape index (κ3) is 5.78. The minimum atomic E-state index is -4.59. The van der Waals surface area contributed by atoms with Crippen LogP contribution in [0.3, 0.4) is 0 Å². The lowest BCUT2D eigenvalue weighted by atomic mass is 10.0. The van der Waals surface area contributed by atoms with Gasteiger partial charge in [0.1, 0.15) is 17.0 Å². The zero-order chi connectivity index (χ0) is 23.7. The van der Waals surface area contributed by atoms with Crippen LogP contribution in [0.1, 0.15) is 11.1 Å². The number of nitrogens with zero attached hydrogens (tertiary/aromatic N) is 1. The summed E-state index contributed by atoms with van der Waals surface area (Å²) >= 11 is 11.5. The van der Waals surface area contributed by atoms with Crippen molar-refractivity contribution in [2.75, 3.05) is 13.3 Å². The fourth-order valence-corrected chi connectivity index (χ4v) is 4.49. The molecule has 11 heteroatoms. The van der Waals surface area contributed by atoms with Gasteiger partial charge in [-0.1, -0.05) is 29.3 Å². The van der Waals surface area contributed by atoms with E-state index >= 15 is 0 Å². The molecule has 1 aromatic carbocycles. The lowest BCUT2D eigenvalue weighted by Crippen LogP contribution is -2.17. The number of rotatable bonds is 6. The summed E-state index contributed by atoms with van der Waals surface area (Å²) in [6, 6.07) is 10.0. The molecule has 170 valence electrons. The van der Waals surface area contributed by atoms with E-state index in [1.165, 1.54) is 12.9 Å². The number of aryl methyl sites for hydroxylation is 1. The third-order valence-corrected chi connectivity index (χ3v) is 6.30. The molecule has 0 radical (unpaired) electrons. The standard InChI is InChI=1S/C21H18ClF3NO4PS/c1-12-7-8-15(22)14(10-12)17-19(30-31(3,32)28-11-21(23,24)25)13(2)18(29-20(17)27)16-6-4-5-9-26-16/h4-10H,11H2,1-3H3. The zero-order valence-corrected chi connectivity index (χ0v) is 19.7. The number of alkyl halides is 3. The molecule has 3 aromatic rings. The number of pyridine rings is 1. The number of hydrogen-bond acceptors (Lipinski definition) is 6. The van der Waals surface area contributed by atoms with Gasteiger partial charge in [0.05, 0.1) is 0 Å². The number of benzene rings is 1. The largest absolute Gasteiger partial charge is 0.442 e. The molecule has 0 aliphatic heterocycles. The number of halogens is 4. The minimum Gasteiger partial charge on any atom is -0.442 e. The van der Waals surface area contributed by atoms with E-state index in [0.29, 0.717) is 16.8 Å². The molecule has 0 bridgehead atoms. The summed E-state index contributed by atoms with van der Waals surface area (Å²) in [7, 11) is 0. The predicted molar refractivity (Wildman–Crippen MR) is 121 cm³/mol. The van der Waals surface area contributed by atoms with E-state index in [0.717, 1.165) is 5.56 Å². The van der Waals surface area contributed by atoms with Crippen molar-refractivity contribution in [1.29, 1.82) is 0 Å². The first-order valence-electron chi connectivity index (χ1n) is 9.22. The summed E-state index contributed by atoms with van der Waals surface area (Å²) in [6.45, 7) is -0.403. The highest BCUT2D eigenvalue weighted by Gasteiger charge is 2.32. The van der Waals surface area contributed by atoms with Crippen LogP contribution < -0.4 is 10.1 Å². The van der Waals surface area contributed by atoms with Crippen LogP contribution in [0.5, 0.6) is 5.75 Å². The Balaban J connectivity index is 2.23. The Morgan fingerprint density at radius 3 is 2.56 bits per heavy atom. The van der Waals surface area contributed by atoms with E-state index in [2.05, 4.69) is 4.98 Å². The van der Waals surface area contributed by atoms with Crippen LogP contribution in [0.25, 0.3) is 22.6 Å². The molecule has 2 heterocycles. The van der Waals surface area contributed by atoms with Crippen LogP contribution in [0.4, 0.5) is 13.2 Å². The Kier molecular flexibility index (Phi) is 7.15. The average molecular weight is 504 g/mol. The second-order valence-electron chi connectivity index (χ2n) is 7.00. The van der Waals surface area contributed by atoms with Gasteiger partial charge in [-0.15, -0.1) is 0 Å². The van der Waals surface area contributed by atoms with Gasteiger partial charge in [0, 0.05) is 29.0 Å². The molecule has 0 aliphatic rings. The molecule has 2 aromatic heterocycles. The molecule has 5 nitrogen and oxygen atoms in total. The van der Waals surface area contributed by atoms with Crippen LogP contribution in [-0.4, -0.2) is 24.4 Å².